The molecule has 3 rings (SSSR count). The third kappa shape index (κ3) is 5.72. The van der Waals surface area contributed by atoms with Crippen LogP contribution in [0.15, 0.2) is 54.2 Å². The summed E-state index contributed by atoms with van der Waals surface area (Å²) in [5.74, 6) is -1.31. The van der Waals surface area contributed by atoms with Crippen LogP contribution >= 0.6 is 0 Å². The van der Waals surface area contributed by atoms with Gasteiger partial charge in [-0.25, -0.2) is 0 Å². The number of hydrogen-bond donors (Lipinski definition) is 2. The molecule has 2 aromatic rings. The molecular weight excluding hydrogens is 396 g/mol. The number of piperidine rings is 1. The average Bonchev–Trinajstić information content (AvgIpc) is 2.79. The van der Waals surface area contributed by atoms with Crippen molar-refractivity contribution >= 4 is 23.9 Å². The molecule has 1 aliphatic rings. The number of methoxy groups -OCH3 is 1. The van der Waals surface area contributed by atoms with E-state index in [9.17, 15) is 19.5 Å². The summed E-state index contributed by atoms with van der Waals surface area (Å²) in [6.07, 6.45) is 2.41. The molecule has 7 heteroatoms. The number of ether oxygens (including phenoxy) is 1. The quantitative estimate of drug-likeness (QED) is 0.698. The summed E-state index contributed by atoms with van der Waals surface area (Å²) >= 11 is 0. The number of nitrogens with one attached hydrogen (secondary N) is 1. The Kier molecular flexibility index (Phi) is 7.07. The zero-order valence-electron chi connectivity index (χ0n) is 17.6. The molecule has 0 radical (unpaired) electrons. The Labute approximate surface area is 181 Å². The summed E-state index contributed by atoms with van der Waals surface area (Å²) in [7, 11) is 1.57. The van der Waals surface area contributed by atoms with Gasteiger partial charge in [0.25, 0.3) is 11.8 Å². The summed E-state index contributed by atoms with van der Waals surface area (Å²) < 4.78 is 5.16. The minimum absolute atomic E-state index is 0.143. The summed E-state index contributed by atoms with van der Waals surface area (Å²) in [6, 6.07) is 14.2. The van der Waals surface area contributed by atoms with Crippen LogP contribution in [-0.2, 0) is 9.59 Å². The molecule has 31 heavy (non-hydrogen) atoms. The maximum atomic E-state index is 13.2. The number of likely N-dealkylation sites (tertiary alicyclic amines) is 1. The second kappa shape index (κ2) is 9.93. The number of carboxylic acid groups (broad SMARTS) is 1. The van der Waals surface area contributed by atoms with Crippen molar-refractivity contribution in [2.75, 3.05) is 20.2 Å². The number of nitrogens with zero attached hydrogens (tertiary/aromatic N) is 1. The topological polar surface area (TPSA) is 95.9 Å². The van der Waals surface area contributed by atoms with Crippen molar-refractivity contribution in [1.29, 1.82) is 0 Å². The van der Waals surface area contributed by atoms with Crippen molar-refractivity contribution in [3.8, 4) is 5.75 Å². The SMILES string of the molecule is COc1ccc(/C=C(\NC(=O)c2ccc(C)cc2)C(=O)N2CCC(C(=O)O)CC2)cc1. The number of benzene rings is 2. The summed E-state index contributed by atoms with van der Waals surface area (Å²) in [5, 5.41) is 11.9. The van der Waals surface area contributed by atoms with E-state index in [1.54, 1.807) is 54.5 Å². The van der Waals surface area contributed by atoms with E-state index in [4.69, 9.17) is 4.74 Å². The Balaban J connectivity index is 1.83. The van der Waals surface area contributed by atoms with Gasteiger partial charge in [-0.15, -0.1) is 0 Å². The van der Waals surface area contributed by atoms with Crippen LogP contribution in [0.3, 0.4) is 0 Å². The molecule has 0 atom stereocenters. The van der Waals surface area contributed by atoms with E-state index in [1.165, 1.54) is 0 Å². The highest BCUT2D eigenvalue weighted by Gasteiger charge is 2.29. The minimum Gasteiger partial charge on any atom is -0.497 e. The highest BCUT2D eigenvalue weighted by Crippen LogP contribution is 2.20. The fourth-order valence-corrected chi connectivity index (χ4v) is 3.42. The van der Waals surface area contributed by atoms with E-state index in [0.29, 0.717) is 37.2 Å². The van der Waals surface area contributed by atoms with Gasteiger partial charge in [-0.2, -0.15) is 0 Å². The first kappa shape index (κ1) is 22.1. The Bertz CT molecular complexity index is 972. The van der Waals surface area contributed by atoms with Crippen molar-refractivity contribution in [3.05, 3.63) is 70.9 Å². The van der Waals surface area contributed by atoms with Gasteiger partial charge in [0, 0.05) is 18.7 Å². The highest BCUT2D eigenvalue weighted by molar-refractivity contribution is 6.05. The standard InChI is InChI=1S/C24H26N2O5/c1-16-3-7-18(8-4-16)22(27)25-21(15-17-5-9-20(31-2)10-6-17)23(28)26-13-11-19(12-14-26)24(29)30/h3-10,15,19H,11-14H2,1-2H3,(H,25,27)(H,29,30)/b21-15-. The van der Waals surface area contributed by atoms with E-state index in [-0.39, 0.29) is 17.5 Å². The number of carbonyl (C=O) groups is 3. The molecule has 0 bridgehead atoms. The second-order valence-electron chi connectivity index (χ2n) is 7.56. The third-order valence-electron chi connectivity index (χ3n) is 5.35. The van der Waals surface area contributed by atoms with E-state index < -0.39 is 11.9 Å². The van der Waals surface area contributed by atoms with E-state index in [2.05, 4.69) is 5.32 Å². The molecule has 1 aliphatic heterocycles. The number of carbonyl (C=O) groups excluding carboxylic acids is 2. The van der Waals surface area contributed by atoms with Gasteiger partial charge in [0.05, 0.1) is 13.0 Å². The predicted molar refractivity (Wildman–Crippen MR) is 117 cm³/mol. The number of rotatable bonds is 6. The van der Waals surface area contributed by atoms with Crippen LogP contribution in [0.5, 0.6) is 5.75 Å². The van der Waals surface area contributed by atoms with Crippen molar-refractivity contribution in [2.45, 2.75) is 19.8 Å². The Morgan fingerprint density at radius 1 is 1.03 bits per heavy atom. The van der Waals surface area contributed by atoms with Crippen molar-refractivity contribution < 1.29 is 24.2 Å². The van der Waals surface area contributed by atoms with Crippen molar-refractivity contribution in [2.24, 2.45) is 5.92 Å². The lowest BCUT2D eigenvalue weighted by Crippen LogP contribution is -2.43. The van der Waals surface area contributed by atoms with Crippen LogP contribution in [0.1, 0.15) is 34.3 Å². The molecule has 2 N–H and O–H groups in total. The van der Waals surface area contributed by atoms with Crippen LogP contribution in [0.4, 0.5) is 0 Å². The lowest BCUT2D eigenvalue weighted by molar-refractivity contribution is -0.145. The number of carboxylic acids is 1. The fraction of sp³-hybridized carbons (Fsp3) is 0.292. The first-order chi connectivity index (χ1) is 14.9. The molecule has 2 amide bonds. The fourth-order valence-electron chi connectivity index (χ4n) is 3.42. The molecule has 2 aromatic carbocycles. The summed E-state index contributed by atoms with van der Waals surface area (Å²) in [6.45, 7) is 2.59. The van der Waals surface area contributed by atoms with E-state index >= 15 is 0 Å². The lowest BCUT2D eigenvalue weighted by atomic mass is 9.97. The van der Waals surface area contributed by atoms with Gasteiger partial charge in [-0.05, 0) is 55.7 Å². The Hall–Kier alpha value is -3.61. The molecule has 0 aromatic heterocycles. The van der Waals surface area contributed by atoms with Gasteiger partial charge >= 0.3 is 5.97 Å². The predicted octanol–water partition coefficient (Wildman–Crippen LogP) is 3.10. The number of aliphatic carboxylic acids is 1. The van der Waals surface area contributed by atoms with Crippen LogP contribution in [0.2, 0.25) is 0 Å². The normalized spacial score (nSPS) is 14.8. The molecule has 162 valence electrons. The number of amides is 2. The van der Waals surface area contributed by atoms with Gasteiger partial charge in [-0.1, -0.05) is 29.8 Å². The molecule has 0 spiro atoms. The maximum absolute atomic E-state index is 13.2. The molecule has 1 heterocycles. The third-order valence-corrected chi connectivity index (χ3v) is 5.35. The van der Waals surface area contributed by atoms with Crippen molar-refractivity contribution in [3.63, 3.8) is 0 Å². The average molecular weight is 422 g/mol. The van der Waals surface area contributed by atoms with Crippen LogP contribution in [-0.4, -0.2) is 48.0 Å². The molecule has 0 saturated carbocycles. The van der Waals surface area contributed by atoms with Crippen molar-refractivity contribution in [1.82, 2.24) is 10.2 Å². The van der Waals surface area contributed by atoms with E-state index in [0.717, 1.165) is 11.1 Å². The van der Waals surface area contributed by atoms with Gasteiger partial charge < -0.3 is 20.1 Å². The molecule has 1 fully saturated rings. The molecule has 1 saturated heterocycles. The highest BCUT2D eigenvalue weighted by atomic mass is 16.5. The second-order valence-corrected chi connectivity index (χ2v) is 7.56. The Morgan fingerprint density at radius 2 is 1.65 bits per heavy atom. The van der Waals surface area contributed by atoms with Gasteiger partial charge in [0.1, 0.15) is 11.4 Å². The number of hydrogen-bond acceptors (Lipinski definition) is 4. The monoisotopic (exact) mass is 422 g/mol. The first-order valence-corrected chi connectivity index (χ1v) is 10.1. The lowest BCUT2D eigenvalue weighted by Gasteiger charge is -2.30. The zero-order chi connectivity index (χ0) is 22.4. The maximum Gasteiger partial charge on any atom is 0.306 e. The summed E-state index contributed by atoms with van der Waals surface area (Å²) in [4.78, 5) is 38.7. The molecular formula is C24H26N2O5. The van der Waals surface area contributed by atoms with Gasteiger partial charge in [0.2, 0.25) is 0 Å². The molecule has 7 nitrogen and oxygen atoms in total. The van der Waals surface area contributed by atoms with Crippen LogP contribution < -0.4 is 10.1 Å². The van der Waals surface area contributed by atoms with E-state index in [1.807, 2.05) is 19.1 Å². The van der Waals surface area contributed by atoms with Crippen LogP contribution in [0.25, 0.3) is 6.08 Å². The van der Waals surface area contributed by atoms with Gasteiger partial charge in [-0.3, -0.25) is 14.4 Å². The first-order valence-electron chi connectivity index (χ1n) is 10.1. The van der Waals surface area contributed by atoms with Crippen LogP contribution in [0, 0.1) is 12.8 Å². The smallest absolute Gasteiger partial charge is 0.306 e. The minimum atomic E-state index is -0.839. The number of aryl methyl sites for hydroxylation is 1. The molecule has 0 unspecified atom stereocenters. The largest absolute Gasteiger partial charge is 0.497 e. The summed E-state index contributed by atoms with van der Waals surface area (Å²) in [5.41, 5.74) is 2.35. The van der Waals surface area contributed by atoms with Gasteiger partial charge in [0.15, 0.2) is 0 Å². The zero-order valence-corrected chi connectivity index (χ0v) is 17.6. The molecule has 0 aliphatic carbocycles. The Morgan fingerprint density at radius 3 is 2.19 bits per heavy atom.